The average Bonchev–Trinajstić information content (AvgIpc) is 2.46. The third-order valence-electron chi connectivity index (χ3n) is 3.71. The van der Waals surface area contributed by atoms with Gasteiger partial charge in [0.15, 0.2) is 0 Å². The second-order valence-corrected chi connectivity index (χ2v) is 7.56. The molecule has 6 nitrogen and oxygen atoms in total. The fourth-order valence-corrected chi connectivity index (χ4v) is 3.75. The lowest BCUT2D eigenvalue weighted by atomic mass is 10.3. The van der Waals surface area contributed by atoms with E-state index in [1.54, 1.807) is 28.6 Å². The zero-order valence-corrected chi connectivity index (χ0v) is 13.5. The van der Waals surface area contributed by atoms with E-state index < -0.39 is 10.0 Å². The molecule has 21 heavy (non-hydrogen) atoms. The highest BCUT2D eigenvalue weighted by molar-refractivity contribution is 7.89. The summed E-state index contributed by atoms with van der Waals surface area (Å²) in [5.41, 5.74) is 6.18. The van der Waals surface area contributed by atoms with Crippen LogP contribution in [0.15, 0.2) is 29.2 Å². The van der Waals surface area contributed by atoms with Crippen LogP contribution >= 0.6 is 0 Å². The molecule has 0 spiro atoms. The van der Waals surface area contributed by atoms with E-state index in [0.717, 1.165) is 26.2 Å². The lowest BCUT2D eigenvalue weighted by Crippen LogP contribution is -2.49. The maximum absolute atomic E-state index is 12.5. The second kappa shape index (κ2) is 6.74. The van der Waals surface area contributed by atoms with Crippen LogP contribution in [0, 0.1) is 0 Å². The Bertz CT molecular complexity index is 549. The molecule has 0 aliphatic carbocycles. The second-order valence-electron chi connectivity index (χ2n) is 5.62. The molecule has 1 saturated heterocycles. The van der Waals surface area contributed by atoms with Gasteiger partial charge in [0.1, 0.15) is 0 Å². The minimum absolute atomic E-state index is 0.318. The molecule has 1 aromatic carbocycles. The quantitative estimate of drug-likeness (QED) is 0.783. The molecule has 1 aromatic rings. The van der Waals surface area contributed by atoms with E-state index in [0.29, 0.717) is 23.7 Å². The van der Waals surface area contributed by atoms with Crippen molar-refractivity contribution >= 4 is 15.7 Å². The summed E-state index contributed by atoms with van der Waals surface area (Å²) in [6.07, 6.45) is 0. The van der Waals surface area contributed by atoms with Crippen molar-refractivity contribution in [2.24, 2.45) is 0 Å². The Balaban J connectivity index is 1.96. The number of hydrogen-bond donors (Lipinski definition) is 1. The summed E-state index contributed by atoms with van der Waals surface area (Å²) in [5, 5.41) is 0. The number of likely N-dealkylation sites (N-methyl/N-ethyl adjacent to an activating group) is 1. The molecule has 2 rings (SSSR count). The fourth-order valence-electron chi connectivity index (χ4n) is 2.32. The van der Waals surface area contributed by atoms with Gasteiger partial charge in [-0.05, 0) is 38.4 Å². The molecule has 0 atom stereocenters. The van der Waals surface area contributed by atoms with Crippen molar-refractivity contribution in [1.82, 2.24) is 14.1 Å². The van der Waals surface area contributed by atoms with Crippen molar-refractivity contribution in [3.05, 3.63) is 24.3 Å². The monoisotopic (exact) mass is 312 g/mol. The fraction of sp³-hybridized carbons (Fsp3) is 0.571. The van der Waals surface area contributed by atoms with Crippen molar-refractivity contribution in [1.29, 1.82) is 0 Å². The first-order chi connectivity index (χ1) is 9.89. The smallest absolute Gasteiger partial charge is 0.243 e. The molecule has 1 fully saturated rings. The summed E-state index contributed by atoms with van der Waals surface area (Å²) in [7, 11) is 0.694. The molecule has 0 bridgehead atoms. The number of nitrogens with two attached hydrogens (primary N) is 1. The zero-order valence-electron chi connectivity index (χ0n) is 12.7. The number of sulfonamides is 1. The molecule has 0 saturated carbocycles. The van der Waals surface area contributed by atoms with Gasteiger partial charge in [0.25, 0.3) is 0 Å². The Kier molecular flexibility index (Phi) is 5.21. The van der Waals surface area contributed by atoms with E-state index in [-0.39, 0.29) is 0 Å². The third kappa shape index (κ3) is 4.16. The maximum Gasteiger partial charge on any atom is 0.243 e. The van der Waals surface area contributed by atoms with Gasteiger partial charge in [0.2, 0.25) is 10.0 Å². The maximum atomic E-state index is 12.5. The van der Waals surface area contributed by atoms with Crippen molar-refractivity contribution in [2.45, 2.75) is 4.90 Å². The Morgan fingerprint density at radius 1 is 1.10 bits per heavy atom. The number of nitrogen functional groups attached to an aromatic ring is 1. The first-order valence-electron chi connectivity index (χ1n) is 7.12. The Labute approximate surface area is 127 Å². The van der Waals surface area contributed by atoms with Crippen LogP contribution < -0.4 is 5.73 Å². The molecular weight excluding hydrogens is 288 g/mol. The van der Waals surface area contributed by atoms with E-state index in [9.17, 15) is 8.42 Å². The van der Waals surface area contributed by atoms with Gasteiger partial charge in [-0.15, -0.1) is 0 Å². The Morgan fingerprint density at radius 2 is 1.67 bits per heavy atom. The van der Waals surface area contributed by atoms with Crippen LogP contribution in [0.2, 0.25) is 0 Å². The molecule has 0 aromatic heterocycles. The first-order valence-corrected chi connectivity index (χ1v) is 8.56. The predicted octanol–water partition coefficient (Wildman–Crippen LogP) is 0.137. The Hall–Kier alpha value is -1.15. The van der Waals surface area contributed by atoms with Crippen LogP contribution in [0.1, 0.15) is 0 Å². The largest absolute Gasteiger partial charge is 0.399 e. The predicted molar refractivity (Wildman–Crippen MR) is 84.6 cm³/mol. The lowest BCUT2D eigenvalue weighted by molar-refractivity contribution is 0.174. The minimum Gasteiger partial charge on any atom is -0.399 e. The molecule has 0 radical (unpaired) electrons. The van der Waals surface area contributed by atoms with Crippen molar-refractivity contribution in [2.75, 3.05) is 59.1 Å². The summed E-state index contributed by atoms with van der Waals surface area (Å²) in [5.74, 6) is 0. The number of rotatable bonds is 5. The van der Waals surface area contributed by atoms with Crippen LogP contribution in [0.4, 0.5) is 5.69 Å². The normalized spacial score (nSPS) is 18.2. The summed E-state index contributed by atoms with van der Waals surface area (Å²) in [6.45, 7) is 4.61. The van der Waals surface area contributed by atoms with E-state index in [1.165, 1.54) is 0 Å². The molecular formula is C14H24N4O2S. The van der Waals surface area contributed by atoms with Gasteiger partial charge >= 0.3 is 0 Å². The summed E-state index contributed by atoms with van der Waals surface area (Å²) in [6, 6.07) is 6.40. The van der Waals surface area contributed by atoms with E-state index in [2.05, 4.69) is 9.80 Å². The molecule has 0 unspecified atom stereocenters. The number of hydrogen-bond acceptors (Lipinski definition) is 5. The van der Waals surface area contributed by atoms with Gasteiger partial charge in [0.05, 0.1) is 4.90 Å². The minimum atomic E-state index is -3.39. The molecule has 118 valence electrons. The van der Waals surface area contributed by atoms with Crippen LogP contribution in [0.5, 0.6) is 0 Å². The topological polar surface area (TPSA) is 69.9 Å². The van der Waals surface area contributed by atoms with Crippen LogP contribution in [0.3, 0.4) is 0 Å². The molecule has 1 aliphatic heterocycles. The van der Waals surface area contributed by atoms with Crippen LogP contribution in [-0.2, 0) is 10.0 Å². The first kappa shape index (κ1) is 16.2. The third-order valence-corrected chi connectivity index (χ3v) is 5.63. The van der Waals surface area contributed by atoms with E-state index in [4.69, 9.17) is 5.73 Å². The molecule has 7 heteroatoms. The molecule has 0 amide bonds. The van der Waals surface area contributed by atoms with Crippen molar-refractivity contribution in [3.8, 4) is 0 Å². The SMILES string of the molecule is CN(C)CCN1CCN(S(=O)(=O)c2ccc(N)cc2)CC1. The highest BCUT2D eigenvalue weighted by atomic mass is 32.2. The van der Waals surface area contributed by atoms with Gasteiger partial charge in [-0.3, -0.25) is 4.90 Å². The summed E-state index contributed by atoms with van der Waals surface area (Å²) >= 11 is 0. The zero-order chi connectivity index (χ0) is 15.5. The summed E-state index contributed by atoms with van der Waals surface area (Å²) in [4.78, 5) is 4.75. The number of nitrogens with zero attached hydrogens (tertiary/aromatic N) is 3. The van der Waals surface area contributed by atoms with Crippen molar-refractivity contribution in [3.63, 3.8) is 0 Å². The average molecular weight is 312 g/mol. The van der Waals surface area contributed by atoms with Gasteiger partial charge in [-0.25, -0.2) is 8.42 Å². The van der Waals surface area contributed by atoms with Gasteiger partial charge < -0.3 is 10.6 Å². The highest BCUT2D eigenvalue weighted by Gasteiger charge is 2.28. The summed E-state index contributed by atoms with van der Waals surface area (Å²) < 4.78 is 26.6. The standard InChI is InChI=1S/C14H24N4O2S/c1-16(2)7-8-17-9-11-18(12-10-17)21(19,20)14-5-3-13(15)4-6-14/h3-6H,7-12,15H2,1-2H3. The highest BCUT2D eigenvalue weighted by Crippen LogP contribution is 2.18. The molecule has 1 aliphatic rings. The van der Waals surface area contributed by atoms with Crippen LogP contribution in [-0.4, -0.2) is 75.9 Å². The molecule has 1 heterocycles. The van der Waals surface area contributed by atoms with Gasteiger partial charge in [-0.2, -0.15) is 4.31 Å². The van der Waals surface area contributed by atoms with Gasteiger partial charge in [-0.1, -0.05) is 0 Å². The Morgan fingerprint density at radius 3 is 2.19 bits per heavy atom. The lowest BCUT2D eigenvalue weighted by Gasteiger charge is -2.34. The van der Waals surface area contributed by atoms with Crippen LogP contribution in [0.25, 0.3) is 0 Å². The molecule has 2 N–H and O–H groups in total. The van der Waals surface area contributed by atoms with E-state index >= 15 is 0 Å². The van der Waals surface area contributed by atoms with Gasteiger partial charge in [0, 0.05) is 45.0 Å². The number of anilines is 1. The number of benzene rings is 1. The van der Waals surface area contributed by atoms with E-state index in [1.807, 2.05) is 14.1 Å². The van der Waals surface area contributed by atoms with Crippen molar-refractivity contribution < 1.29 is 8.42 Å². The number of piperazine rings is 1.